The van der Waals surface area contributed by atoms with Gasteiger partial charge in [0, 0.05) is 11.6 Å². The van der Waals surface area contributed by atoms with Gasteiger partial charge in [-0.25, -0.2) is 8.42 Å². The van der Waals surface area contributed by atoms with Gasteiger partial charge in [0.2, 0.25) is 10.0 Å². The highest BCUT2D eigenvalue weighted by Gasteiger charge is 2.34. The van der Waals surface area contributed by atoms with Crippen molar-refractivity contribution >= 4 is 21.6 Å². The van der Waals surface area contributed by atoms with Crippen molar-refractivity contribution in [2.24, 2.45) is 0 Å². The normalized spacial score (nSPS) is 16.9. The largest absolute Gasteiger partial charge is 0.467 e. The monoisotopic (exact) mass is 348 g/mol. The van der Waals surface area contributed by atoms with Crippen LogP contribution in [0.15, 0.2) is 41.0 Å². The number of furan rings is 1. The molecule has 0 aliphatic carbocycles. The first-order valence-electron chi connectivity index (χ1n) is 7.88. The van der Waals surface area contributed by atoms with Gasteiger partial charge in [-0.1, -0.05) is 0 Å². The van der Waals surface area contributed by atoms with Crippen LogP contribution in [0.3, 0.4) is 0 Å². The van der Waals surface area contributed by atoms with Crippen LogP contribution < -0.4 is 9.62 Å². The summed E-state index contributed by atoms with van der Waals surface area (Å²) < 4.78 is 31.2. The number of hydrogen-bond acceptors (Lipinski definition) is 4. The molecule has 0 bridgehead atoms. The third kappa shape index (κ3) is 3.03. The maximum absolute atomic E-state index is 12.3. The Bertz CT molecular complexity index is 843. The Morgan fingerprint density at radius 1 is 1.38 bits per heavy atom. The Balaban J connectivity index is 1.80. The van der Waals surface area contributed by atoms with Gasteiger partial charge in [-0.2, -0.15) is 0 Å². The lowest BCUT2D eigenvalue weighted by molar-refractivity contribution is 0.0948. The molecule has 1 aliphatic heterocycles. The highest BCUT2D eigenvalue weighted by molar-refractivity contribution is 7.92. The minimum atomic E-state index is -3.31. The quantitative estimate of drug-likeness (QED) is 0.899. The summed E-state index contributed by atoms with van der Waals surface area (Å²) in [4.78, 5) is 12.3. The molecule has 1 N–H and O–H groups in total. The van der Waals surface area contributed by atoms with Gasteiger partial charge in [0.05, 0.1) is 24.2 Å². The van der Waals surface area contributed by atoms with E-state index in [2.05, 4.69) is 5.32 Å². The van der Waals surface area contributed by atoms with E-state index in [1.165, 1.54) is 4.31 Å². The average Bonchev–Trinajstić information content (AvgIpc) is 3.18. The molecule has 128 valence electrons. The second kappa shape index (κ2) is 6.32. The number of nitrogens with one attached hydrogen (secondary N) is 1. The summed E-state index contributed by atoms with van der Waals surface area (Å²) in [5.41, 5.74) is 2.07. The third-order valence-electron chi connectivity index (χ3n) is 4.16. The summed E-state index contributed by atoms with van der Waals surface area (Å²) in [6, 6.07) is 8.57. The van der Waals surface area contributed by atoms with Crippen molar-refractivity contribution in [2.75, 3.05) is 10.1 Å². The first kappa shape index (κ1) is 16.6. The highest BCUT2D eigenvalue weighted by Crippen LogP contribution is 2.35. The fraction of sp³-hybridized carbons (Fsp3) is 0.353. The summed E-state index contributed by atoms with van der Waals surface area (Å²) in [6.07, 6.45) is 2.16. The van der Waals surface area contributed by atoms with Crippen LogP contribution in [0.25, 0.3) is 0 Å². The number of rotatable bonds is 5. The van der Waals surface area contributed by atoms with Crippen LogP contribution in [-0.4, -0.2) is 26.1 Å². The van der Waals surface area contributed by atoms with Crippen LogP contribution in [0.1, 0.15) is 35.5 Å². The standard InChI is InChI=1S/C17H20N2O4S/c1-3-24(21,22)19-12(2)9-14-10-13(6-7-16(14)19)17(20)18-11-15-5-4-8-23-15/h4-8,10,12H,3,9,11H2,1-2H3,(H,18,20)/t12-/m0/s1. The van der Waals surface area contributed by atoms with Crippen LogP contribution in [0.5, 0.6) is 0 Å². The summed E-state index contributed by atoms with van der Waals surface area (Å²) >= 11 is 0. The molecule has 24 heavy (non-hydrogen) atoms. The Labute approximate surface area is 141 Å². The number of amides is 1. The van der Waals surface area contributed by atoms with E-state index in [4.69, 9.17) is 4.42 Å². The fourth-order valence-corrected chi connectivity index (χ4v) is 4.37. The van der Waals surface area contributed by atoms with Crippen LogP contribution in [-0.2, 0) is 23.0 Å². The first-order valence-corrected chi connectivity index (χ1v) is 9.49. The van der Waals surface area contributed by atoms with Gasteiger partial charge in [-0.3, -0.25) is 9.10 Å². The van der Waals surface area contributed by atoms with Crippen molar-refractivity contribution in [3.63, 3.8) is 0 Å². The predicted molar refractivity (Wildman–Crippen MR) is 91.4 cm³/mol. The van der Waals surface area contributed by atoms with E-state index in [1.807, 2.05) is 6.92 Å². The maximum Gasteiger partial charge on any atom is 0.251 e. The number of benzene rings is 1. The lowest BCUT2D eigenvalue weighted by atomic mass is 10.1. The zero-order valence-corrected chi connectivity index (χ0v) is 14.5. The minimum absolute atomic E-state index is 0.0577. The molecule has 1 aliphatic rings. The zero-order chi connectivity index (χ0) is 17.3. The van der Waals surface area contributed by atoms with Crippen molar-refractivity contribution in [3.05, 3.63) is 53.5 Å². The molecule has 3 rings (SSSR count). The number of anilines is 1. The van der Waals surface area contributed by atoms with Gasteiger partial charge in [-0.15, -0.1) is 0 Å². The predicted octanol–water partition coefficient (Wildman–Crippen LogP) is 2.31. The van der Waals surface area contributed by atoms with Crippen molar-refractivity contribution in [1.82, 2.24) is 5.32 Å². The van der Waals surface area contributed by atoms with Gasteiger partial charge in [-0.05, 0) is 56.2 Å². The topological polar surface area (TPSA) is 79.6 Å². The number of carbonyl (C=O) groups excluding carboxylic acids is 1. The molecule has 1 aromatic carbocycles. The van der Waals surface area contributed by atoms with Gasteiger partial charge in [0.25, 0.3) is 5.91 Å². The molecule has 7 heteroatoms. The smallest absolute Gasteiger partial charge is 0.251 e. The van der Waals surface area contributed by atoms with Gasteiger partial charge >= 0.3 is 0 Å². The van der Waals surface area contributed by atoms with Crippen LogP contribution >= 0.6 is 0 Å². The second-order valence-corrected chi connectivity index (χ2v) is 7.99. The molecule has 0 fully saturated rings. The number of hydrogen-bond donors (Lipinski definition) is 1. The van der Waals surface area contributed by atoms with Crippen LogP contribution in [0, 0.1) is 0 Å². The van der Waals surface area contributed by atoms with E-state index < -0.39 is 10.0 Å². The Hall–Kier alpha value is -2.28. The lowest BCUT2D eigenvalue weighted by Crippen LogP contribution is -2.36. The third-order valence-corrected chi connectivity index (χ3v) is 6.05. The summed E-state index contributed by atoms with van der Waals surface area (Å²) in [5, 5.41) is 2.79. The van der Waals surface area contributed by atoms with Crippen molar-refractivity contribution in [2.45, 2.75) is 32.9 Å². The summed E-state index contributed by atoms with van der Waals surface area (Å²) in [7, 11) is -3.31. The van der Waals surface area contributed by atoms with E-state index in [9.17, 15) is 13.2 Å². The Morgan fingerprint density at radius 2 is 2.17 bits per heavy atom. The van der Waals surface area contributed by atoms with Crippen molar-refractivity contribution in [1.29, 1.82) is 0 Å². The highest BCUT2D eigenvalue weighted by atomic mass is 32.2. The molecule has 2 heterocycles. The molecule has 2 aromatic rings. The Kier molecular flexibility index (Phi) is 4.36. The van der Waals surface area contributed by atoms with Gasteiger partial charge in [0.1, 0.15) is 5.76 Å². The maximum atomic E-state index is 12.3. The summed E-state index contributed by atoms with van der Waals surface area (Å²) in [5.74, 6) is 0.527. The molecule has 0 saturated heterocycles. The molecule has 1 amide bonds. The Morgan fingerprint density at radius 3 is 2.83 bits per heavy atom. The molecular formula is C17H20N2O4S. The lowest BCUT2D eigenvalue weighted by Gasteiger charge is -2.23. The molecule has 1 aromatic heterocycles. The van der Waals surface area contributed by atoms with Crippen molar-refractivity contribution in [3.8, 4) is 0 Å². The first-order chi connectivity index (χ1) is 11.4. The van der Waals surface area contributed by atoms with E-state index in [1.54, 1.807) is 43.5 Å². The molecule has 0 saturated carbocycles. The molecular weight excluding hydrogens is 328 g/mol. The summed E-state index contributed by atoms with van der Waals surface area (Å²) in [6.45, 7) is 3.83. The van der Waals surface area contributed by atoms with Crippen molar-refractivity contribution < 1.29 is 17.6 Å². The molecule has 1 atom stereocenters. The molecule has 0 spiro atoms. The number of sulfonamides is 1. The fourth-order valence-electron chi connectivity index (χ4n) is 2.99. The molecule has 6 nitrogen and oxygen atoms in total. The van der Waals surface area contributed by atoms with Crippen LogP contribution in [0.2, 0.25) is 0 Å². The minimum Gasteiger partial charge on any atom is -0.467 e. The molecule has 0 unspecified atom stereocenters. The number of nitrogens with zero attached hydrogens (tertiary/aromatic N) is 1. The van der Waals surface area contributed by atoms with E-state index in [0.29, 0.717) is 30.0 Å². The number of fused-ring (bicyclic) bond motifs is 1. The van der Waals surface area contributed by atoms with E-state index >= 15 is 0 Å². The van der Waals surface area contributed by atoms with Gasteiger partial charge < -0.3 is 9.73 Å². The van der Waals surface area contributed by atoms with E-state index in [0.717, 1.165) is 5.56 Å². The van der Waals surface area contributed by atoms with Gasteiger partial charge in [0.15, 0.2) is 0 Å². The SMILES string of the molecule is CCS(=O)(=O)N1c2ccc(C(=O)NCc3ccco3)cc2C[C@@H]1C. The van der Waals surface area contributed by atoms with Crippen LogP contribution in [0.4, 0.5) is 5.69 Å². The number of carbonyl (C=O) groups is 1. The molecule has 0 radical (unpaired) electrons. The second-order valence-electron chi connectivity index (χ2n) is 5.86. The zero-order valence-electron chi connectivity index (χ0n) is 13.7. The average molecular weight is 348 g/mol. The van der Waals surface area contributed by atoms with E-state index in [-0.39, 0.29) is 17.7 Å².